The first-order valence-electron chi connectivity index (χ1n) is 8.76. The van der Waals surface area contributed by atoms with E-state index in [1.54, 1.807) is 0 Å². The van der Waals surface area contributed by atoms with Gasteiger partial charge in [-0.2, -0.15) is 0 Å². The van der Waals surface area contributed by atoms with Crippen LogP contribution in [0.25, 0.3) is 0 Å². The normalized spacial score (nSPS) is 17.9. The molecule has 1 aromatic carbocycles. The third kappa shape index (κ3) is 5.06. The molecule has 132 valence electrons. The van der Waals surface area contributed by atoms with Crippen LogP contribution in [0.5, 0.6) is 0 Å². The average molecular weight is 333 g/mol. The van der Waals surface area contributed by atoms with Gasteiger partial charge in [0.25, 0.3) is 0 Å². The lowest BCUT2D eigenvalue weighted by atomic mass is 9.85. The highest BCUT2D eigenvalue weighted by Gasteiger charge is 2.31. The molecule has 1 aliphatic rings. The fourth-order valence-electron chi connectivity index (χ4n) is 3.33. The van der Waals surface area contributed by atoms with Crippen molar-refractivity contribution in [2.75, 3.05) is 19.8 Å². The van der Waals surface area contributed by atoms with Crippen molar-refractivity contribution in [1.82, 2.24) is 5.32 Å². The van der Waals surface area contributed by atoms with E-state index >= 15 is 0 Å². The SMILES string of the molecule is CCCC(C(=O)NCC(C(=O)O)C1CCOCC1)c1ccccc1. The van der Waals surface area contributed by atoms with Crippen LogP contribution in [0.15, 0.2) is 30.3 Å². The third-order valence-electron chi connectivity index (χ3n) is 4.74. The van der Waals surface area contributed by atoms with Gasteiger partial charge in [0.2, 0.25) is 5.91 Å². The van der Waals surface area contributed by atoms with Gasteiger partial charge < -0.3 is 15.2 Å². The highest BCUT2D eigenvalue weighted by Crippen LogP contribution is 2.25. The molecule has 1 heterocycles. The number of benzene rings is 1. The quantitative estimate of drug-likeness (QED) is 0.767. The van der Waals surface area contributed by atoms with Gasteiger partial charge in [0, 0.05) is 19.8 Å². The molecular weight excluding hydrogens is 306 g/mol. The van der Waals surface area contributed by atoms with Crippen LogP contribution in [0.2, 0.25) is 0 Å². The topological polar surface area (TPSA) is 75.6 Å². The van der Waals surface area contributed by atoms with Crippen LogP contribution in [-0.2, 0) is 14.3 Å². The molecule has 2 unspecified atom stereocenters. The van der Waals surface area contributed by atoms with Gasteiger partial charge in [0.05, 0.1) is 11.8 Å². The molecule has 0 aromatic heterocycles. The van der Waals surface area contributed by atoms with Crippen molar-refractivity contribution < 1.29 is 19.4 Å². The smallest absolute Gasteiger partial charge is 0.308 e. The van der Waals surface area contributed by atoms with Gasteiger partial charge >= 0.3 is 5.97 Å². The lowest BCUT2D eigenvalue weighted by molar-refractivity contribution is -0.145. The lowest BCUT2D eigenvalue weighted by Crippen LogP contribution is -2.40. The molecule has 2 N–H and O–H groups in total. The standard InChI is InChI=1S/C19H27NO4/c1-2-6-16(14-7-4-3-5-8-14)18(21)20-13-17(19(22)23)15-9-11-24-12-10-15/h3-5,7-8,15-17H,2,6,9-13H2,1H3,(H,20,21)(H,22,23). The first kappa shape index (κ1) is 18.5. The van der Waals surface area contributed by atoms with Gasteiger partial charge in [0.1, 0.15) is 0 Å². The van der Waals surface area contributed by atoms with Crippen LogP contribution >= 0.6 is 0 Å². The van der Waals surface area contributed by atoms with Crippen LogP contribution in [0, 0.1) is 11.8 Å². The molecular formula is C19H27NO4. The molecule has 1 amide bonds. The fraction of sp³-hybridized carbons (Fsp3) is 0.579. The van der Waals surface area contributed by atoms with E-state index in [2.05, 4.69) is 5.32 Å². The first-order chi connectivity index (χ1) is 11.6. The van der Waals surface area contributed by atoms with Crippen molar-refractivity contribution in [2.45, 2.75) is 38.5 Å². The van der Waals surface area contributed by atoms with Crippen molar-refractivity contribution in [3.63, 3.8) is 0 Å². The molecule has 2 rings (SSSR count). The van der Waals surface area contributed by atoms with E-state index in [4.69, 9.17) is 4.74 Å². The Bertz CT molecular complexity index is 525. The number of amides is 1. The van der Waals surface area contributed by atoms with E-state index in [1.165, 1.54) is 0 Å². The molecule has 0 spiro atoms. The minimum Gasteiger partial charge on any atom is -0.481 e. The predicted molar refractivity (Wildman–Crippen MR) is 91.8 cm³/mol. The van der Waals surface area contributed by atoms with Crippen LogP contribution in [0.1, 0.15) is 44.1 Å². The number of ether oxygens (including phenoxy) is 1. The molecule has 0 saturated carbocycles. The van der Waals surface area contributed by atoms with Crippen molar-refractivity contribution in [2.24, 2.45) is 11.8 Å². The molecule has 2 atom stereocenters. The molecule has 0 bridgehead atoms. The van der Waals surface area contributed by atoms with Crippen molar-refractivity contribution in [1.29, 1.82) is 0 Å². The van der Waals surface area contributed by atoms with Crippen LogP contribution in [-0.4, -0.2) is 36.7 Å². The largest absolute Gasteiger partial charge is 0.481 e. The summed E-state index contributed by atoms with van der Waals surface area (Å²) in [6.07, 6.45) is 3.13. The Hall–Kier alpha value is -1.88. The van der Waals surface area contributed by atoms with Crippen molar-refractivity contribution in [3.05, 3.63) is 35.9 Å². The predicted octanol–water partition coefficient (Wildman–Crippen LogP) is 2.81. The van der Waals surface area contributed by atoms with Crippen molar-refractivity contribution in [3.8, 4) is 0 Å². The average Bonchev–Trinajstić information content (AvgIpc) is 2.61. The number of hydrogen-bond acceptors (Lipinski definition) is 3. The maximum atomic E-state index is 12.6. The molecule has 0 radical (unpaired) electrons. The number of aliphatic carboxylic acids is 1. The minimum atomic E-state index is -0.839. The zero-order valence-corrected chi connectivity index (χ0v) is 14.2. The number of hydrogen-bond donors (Lipinski definition) is 2. The van der Waals surface area contributed by atoms with Gasteiger partial charge in [-0.05, 0) is 30.7 Å². The van der Waals surface area contributed by atoms with Crippen LogP contribution < -0.4 is 5.32 Å². The van der Waals surface area contributed by atoms with Crippen molar-refractivity contribution >= 4 is 11.9 Å². The molecule has 1 aromatic rings. The number of rotatable bonds is 8. The summed E-state index contributed by atoms with van der Waals surface area (Å²) in [4.78, 5) is 24.2. The molecule has 1 fully saturated rings. The van der Waals surface area contributed by atoms with E-state index in [9.17, 15) is 14.7 Å². The van der Waals surface area contributed by atoms with Gasteiger partial charge in [0.15, 0.2) is 0 Å². The van der Waals surface area contributed by atoms with E-state index in [0.717, 1.165) is 31.2 Å². The summed E-state index contributed by atoms with van der Waals surface area (Å²) >= 11 is 0. The minimum absolute atomic E-state index is 0.0675. The van der Waals surface area contributed by atoms with Crippen LogP contribution in [0.3, 0.4) is 0 Å². The molecule has 1 aliphatic heterocycles. The monoisotopic (exact) mass is 333 g/mol. The van der Waals surface area contributed by atoms with Gasteiger partial charge in [-0.3, -0.25) is 9.59 Å². The lowest BCUT2D eigenvalue weighted by Gasteiger charge is -2.28. The Labute approximate surface area is 143 Å². The number of carbonyl (C=O) groups is 2. The summed E-state index contributed by atoms with van der Waals surface area (Å²) in [5.74, 6) is -1.62. The summed E-state index contributed by atoms with van der Waals surface area (Å²) < 4.78 is 5.30. The Kier molecular flexibility index (Phi) is 7.25. The highest BCUT2D eigenvalue weighted by atomic mass is 16.5. The van der Waals surface area contributed by atoms with E-state index in [-0.39, 0.29) is 24.3 Å². The van der Waals surface area contributed by atoms with Crippen LogP contribution in [0.4, 0.5) is 0 Å². The number of nitrogens with one attached hydrogen (secondary N) is 1. The highest BCUT2D eigenvalue weighted by molar-refractivity contribution is 5.84. The zero-order valence-electron chi connectivity index (χ0n) is 14.2. The summed E-state index contributed by atoms with van der Waals surface area (Å²) in [5.41, 5.74) is 0.981. The molecule has 5 heteroatoms. The maximum absolute atomic E-state index is 12.6. The Morgan fingerprint density at radius 3 is 2.50 bits per heavy atom. The second-order valence-corrected chi connectivity index (χ2v) is 6.39. The second-order valence-electron chi connectivity index (χ2n) is 6.39. The Morgan fingerprint density at radius 1 is 1.25 bits per heavy atom. The summed E-state index contributed by atoms with van der Waals surface area (Å²) in [6, 6.07) is 9.68. The fourth-order valence-corrected chi connectivity index (χ4v) is 3.33. The molecule has 24 heavy (non-hydrogen) atoms. The van der Waals surface area contributed by atoms with Gasteiger partial charge in [-0.25, -0.2) is 0 Å². The summed E-state index contributed by atoms with van der Waals surface area (Å²) in [5, 5.41) is 12.4. The number of carbonyl (C=O) groups excluding carboxylic acids is 1. The summed E-state index contributed by atoms with van der Waals surface area (Å²) in [7, 11) is 0. The Balaban J connectivity index is 1.98. The second kappa shape index (κ2) is 9.42. The summed E-state index contributed by atoms with van der Waals surface area (Å²) in [6.45, 7) is 3.44. The number of carboxylic acid groups (broad SMARTS) is 1. The molecule has 1 saturated heterocycles. The maximum Gasteiger partial charge on any atom is 0.308 e. The van der Waals surface area contributed by atoms with E-state index in [1.807, 2.05) is 37.3 Å². The molecule has 0 aliphatic carbocycles. The number of carboxylic acids is 1. The Morgan fingerprint density at radius 2 is 1.92 bits per heavy atom. The van der Waals surface area contributed by atoms with E-state index < -0.39 is 11.9 Å². The van der Waals surface area contributed by atoms with Gasteiger partial charge in [-0.1, -0.05) is 43.7 Å². The first-order valence-corrected chi connectivity index (χ1v) is 8.76. The molecule has 5 nitrogen and oxygen atoms in total. The van der Waals surface area contributed by atoms with E-state index in [0.29, 0.717) is 13.2 Å². The third-order valence-corrected chi connectivity index (χ3v) is 4.74. The van der Waals surface area contributed by atoms with Gasteiger partial charge in [-0.15, -0.1) is 0 Å². The zero-order chi connectivity index (χ0) is 17.4.